The fourth-order valence-electron chi connectivity index (χ4n) is 4.25. The molecule has 6 aromatic rings. The van der Waals surface area contributed by atoms with Gasteiger partial charge in [-0.15, -0.1) is 11.3 Å². The second kappa shape index (κ2) is 8.68. The number of hydrogen-bond donors (Lipinski definition) is 3. The number of thiophene rings is 1. The fourth-order valence-corrected chi connectivity index (χ4v) is 5.15. The van der Waals surface area contributed by atoms with Gasteiger partial charge in [-0.2, -0.15) is 5.10 Å². The summed E-state index contributed by atoms with van der Waals surface area (Å²) in [7, 11) is 0. The number of fused-ring (bicyclic) bond motifs is 2. The number of aromatic nitrogens is 6. The lowest BCUT2D eigenvalue weighted by Crippen LogP contribution is -2.11. The SMILES string of the molecule is CCNCc1cncc(-c2ncc3[nH]nc(-c4nc5c(-c6ccc(C)s6)cccc5[nH]4)c3c2F)c1. The number of nitrogens with zero attached hydrogens (tertiary/aromatic N) is 4. The zero-order valence-electron chi connectivity index (χ0n) is 19.2. The molecule has 174 valence electrons. The van der Waals surface area contributed by atoms with Gasteiger partial charge in [0.1, 0.15) is 11.4 Å². The van der Waals surface area contributed by atoms with Crippen molar-refractivity contribution in [2.45, 2.75) is 20.4 Å². The Kier molecular flexibility index (Phi) is 5.35. The molecule has 0 unspecified atom stereocenters. The maximum atomic E-state index is 15.9. The van der Waals surface area contributed by atoms with Crippen LogP contribution in [0.3, 0.4) is 0 Å². The molecule has 0 spiro atoms. The minimum atomic E-state index is -0.455. The van der Waals surface area contributed by atoms with Crippen LogP contribution < -0.4 is 5.32 Å². The van der Waals surface area contributed by atoms with Crippen molar-refractivity contribution in [3.05, 3.63) is 71.2 Å². The molecule has 5 aromatic heterocycles. The van der Waals surface area contributed by atoms with Gasteiger partial charge in [-0.25, -0.2) is 9.37 Å². The maximum absolute atomic E-state index is 15.9. The van der Waals surface area contributed by atoms with Crippen molar-refractivity contribution in [1.29, 1.82) is 0 Å². The Morgan fingerprint density at radius 1 is 1.06 bits per heavy atom. The summed E-state index contributed by atoms with van der Waals surface area (Å²) in [5.41, 5.74) is 5.48. The molecule has 0 fully saturated rings. The number of aryl methyl sites for hydroxylation is 1. The Bertz CT molecular complexity index is 1680. The first kappa shape index (κ1) is 21.6. The summed E-state index contributed by atoms with van der Waals surface area (Å²) >= 11 is 1.72. The lowest BCUT2D eigenvalue weighted by atomic mass is 10.1. The number of rotatable bonds is 6. The number of hydrogen-bond acceptors (Lipinski definition) is 6. The lowest BCUT2D eigenvalue weighted by molar-refractivity contribution is 0.638. The third-order valence-electron chi connectivity index (χ3n) is 5.93. The van der Waals surface area contributed by atoms with E-state index in [0.29, 0.717) is 34.5 Å². The smallest absolute Gasteiger partial charge is 0.161 e. The average molecular weight is 484 g/mol. The van der Waals surface area contributed by atoms with E-state index in [1.165, 1.54) is 4.88 Å². The molecule has 0 radical (unpaired) electrons. The lowest BCUT2D eigenvalue weighted by Gasteiger charge is -2.07. The van der Waals surface area contributed by atoms with Crippen LogP contribution in [-0.2, 0) is 6.54 Å². The van der Waals surface area contributed by atoms with Gasteiger partial charge in [-0.05, 0) is 43.3 Å². The number of imidazole rings is 1. The minimum Gasteiger partial charge on any atom is -0.337 e. The minimum absolute atomic E-state index is 0.233. The molecule has 3 N–H and O–H groups in total. The predicted octanol–water partition coefficient (Wildman–Crippen LogP) is 5.85. The van der Waals surface area contributed by atoms with Crippen LogP contribution in [0.5, 0.6) is 0 Å². The topological polar surface area (TPSA) is 95.2 Å². The molecule has 0 atom stereocenters. The Balaban J connectivity index is 1.48. The molecule has 0 saturated carbocycles. The van der Waals surface area contributed by atoms with Gasteiger partial charge >= 0.3 is 0 Å². The van der Waals surface area contributed by atoms with Crippen LogP contribution in [0.2, 0.25) is 0 Å². The zero-order chi connectivity index (χ0) is 23.9. The number of nitrogens with one attached hydrogen (secondary N) is 3. The summed E-state index contributed by atoms with van der Waals surface area (Å²) in [6.07, 6.45) is 5.00. The first-order valence-corrected chi connectivity index (χ1v) is 12.2. The van der Waals surface area contributed by atoms with Crippen LogP contribution >= 0.6 is 11.3 Å². The normalized spacial score (nSPS) is 11.6. The van der Waals surface area contributed by atoms with E-state index in [-0.39, 0.29) is 5.69 Å². The summed E-state index contributed by atoms with van der Waals surface area (Å²) in [4.78, 5) is 19.2. The van der Waals surface area contributed by atoms with Crippen LogP contribution in [0.1, 0.15) is 17.4 Å². The molecule has 0 saturated heterocycles. The van der Waals surface area contributed by atoms with Crippen molar-refractivity contribution in [2.75, 3.05) is 6.54 Å². The van der Waals surface area contributed by atoms with Crippen molar-refractivity contribution in [1.82, 2.24) is 35.5 Å². The molecular weight excluding hydrogens is 461 g/mol. The number of aromatic amines is 2. The molecule has 0 aliphatic heterocycles. The molecule has 0 aliphatic carbocycles. The van der Waals surface area contributed by atoms with E-state index < -0.39 is 5.82 Å². The van der Waals surface area contributed by atoms with Crippen LogP contribution in [0, 0.1) is 12.7 Å². The first-order valence-electron chi connectivity index (χ1n) is 11.4. The van der Waals surface area contributed by atoms with Crippen LogP contribution in [0.4, 0.5) is 4.39 Å². The standard InChI is InChI=1S/C26H22FN7S/c1-3-28-10-15-9-16(12-29-11-15)23-22(27)21-19(13-30-23)33-34-25(21)26-31-18-6-4-5-17(24(18)32-26)20-8-7-14(2)35-20/h4-9,11-13,28H,3,10H2,1-2H3,(H,31,32)(H,33,34). The number of pyridine rings is 2. The molecule has 6 rings (SSSR count). The summed E-state index contributed by atoms with van der Waals surface area (Å²) in [5, 5.41) is 10.9. The fraction of sp³-hybridized carbons (Fsp3) is 0.154. The second-order valence-corrected chi connectivity index (χ2v) is 9.63. The molecule has 0 bridgehead atoms. The molecule has 7 nitrogen and oxygen atoms in total. The number of H-pyrrole nitrogens is 2. The number of para-hydroxylation sites is 1. The zero-order valence-corrected chi connectivity index (χ0v) is 20.0. The predicted molar refractivity (Wildman–Crippen MR) is 138 cm³/mol. The van der Waals surface area contributed by atoms with Crippen molar-refractivity contribution >= 4 is 33.3 Å². The number of benzene rings is 1. The summed E-state index contributed by atoms with van der Waals surface area (Å²) in [5.74, 6) is 0.0465. The summed E-state index contributed by atoms with van der Waals surface area (Å²) < 4.78 is 15.9. The molecule has 5 heterocycles. The van der Waals surface area contributed by atoms with Gasteiger partial charge in [-0.1, -0.05) is 19.1 Å². The van der Waals surface area contributed by atoms with Gasteiger partial charge in [0, 0.05) is 39.8 Å². The monoisotopic (exact) mass is 483 g/mol. The molecular formula is C26H22FN7S. The Morgan fingerprint density at radius 2 is 1.97 bits per heavy atom. The van der Waals surface area contributed by atoms with Gasteiger partial charge in [0.05, 0.1) is 28.1 Å². The van der Waals surface area contributed by atoms with E-state index in [4.69, 9.17) is 4.98 Å². The summed E-state index contributed by atoms with van der Waals surface area (Å²) in [6.45, 7) is 5.62. The highest BCUT2D eigenvalue weighted by Gasteiger charge is 2.21. The van der Waals surface area contributed by atoms with Gasteiger partial charge in [0.15, 0.2) is 11.6 Å². The molecule has 35 heavy (non-hydrogen) atoms. The van der Waals surface area contributed by atoms with Crippen LogP contribution in [0.25, 0.3) is 55.2 Å². The highest BCUT2D eigenvalue weighted by Crippen LogP contribution is 2.36. The van der Waals surface area contributed by atoms with Crippen molar-refractivity contribution < 1.29 is 4.39 Å². The van der Waals surface area contributed by atoms with Gasteiger partial charge in [0.2, 0.25) is 0 Å². The Hall–Kier alpha value is -3.95. The average Bonchev–Trinajstić information content (AvgIpc) is 3.60. The molecule has 0 amide bonds. The molecule has 9 heteroatoms. The largest absolute Gasteiger partial charge is 0.337 e. The highest BCUT2D eigenvalue weighted by molar-refractivity contribution is 7.15. The van der Waals surface area contributed by atoms with Crippen molar-refractivity contribution in [2.24, 2.45) is 0 Å². The van der Waals surface area contributed by atoms with Gasteiger partial charge in [-0.3, -0.25) is 15.1 Å². The third kappa shape index (κ3) is 3.78. The van der Waals surface area contributed by atoms with Gasteiger partial charge < -0.3 is 10.3 Å². The van der Waals surface area contributed by atoms with Crippen LogP contribution in [-0.4, -0.2) is 36.7 Å². The van der Waals surface area contributed by atoms with E-state index in [2.05, 4.69) is 55.6 Å². The van der Waals surface area contributed by atoms with E-state index in [1.807, 2.05) is 25.1 Å². The van der Waals surface area contributed by atoms with Gasteiger partial charge in [0.25, 0.3) is 0 Å². The van der Waals surface area contributed by atoms with E-state index in [1.54, 1.807) is 29.9 Å². The van der Waals surface area contributed by atoms with Crippen molar-refractivity contribution in [3.63, 3.8) is 0 Å². The highest BCUT2D eigenvalue weighted by atomic mass is 32.1. The molecule has 1 aromatic carbocycles. The molecule has 0 aliphatic rings. The van der Waals surface area contributed by atoms with E-state index >= 15 is 4.39 Å². The first-order chi connectivity index (χ1) is 17.1. The van der Waals surface area contributed by atoms with E-state index in [0.717, 1.165) is 33.6 Å². The second-order valence-electron chi connectivity index (χ2n) is 8.34. The Morgan fingerprint density at radius 3 is 2.80 bits per heavy atom. The maximum Gasteiger partial charge on any atom is 0.161 e. The summed E-state index contributed by atoms with van der Waals surface area (Å²) in [6, 6.07) is 12.1. The third-order valence-corrected chi connectivity index (χ3v) is 6.97. The quantitative estimate of drug-likeness (QED) is 0.276. The van der Waals surface area contributed by atoms with Crippen molar-refractivity contribution in [3.8, 4) is 33.2 Å². The number of halogens is 1. The van der Waals surface area contributed by atoms with E-state index in [9.17, 15) is 0 Å². The Labute approximate surface area is 204 Å². The van der Waals surface area contributed by atoms with Crippen LogP contribution in [0.15, 0.2) is 55.0 Å².